The van der Waals surface area contributed by atoms with Crippen molar-refractivity contribution in [3.63, 3.8) is 0 Å². The Morgan fingerprint density at radius 3 is 2.43 bits per heavy atom. The summed E-state index contributed by atoms with van der Waals surface area (Å²) in [5.41, 5.74) is 6.57. The van der Waals surface area contributed by atoms with E-state index in [0.29, 0.717) is 5.56 Å². The smallest absolute Gasteiger partial charge is 0.248 e. The molecular formula is C18H23N3O2. The molecule has 0 bridgehead atoms. The Morgan fingerprint density at radius 2 is 1.78 bits per heavy atom. The molecule has 0 atom stereocenters. The molecule has 3 rings (SSSR count). The Balaban J connectivity index is 1.56. The predicted molar refractivity (Wildman–Crippen MR) is 89.8 cm³/mol. The topological polar surface area (TPSA) is 66.6 Å². The largest absolute Gasteiger partial charge is 0.366 e. The van der Waals surface area contributed by atoms with Gasteiger partial charge in [-0.1, -0.05) is 12.1 Å². The third-order valence-electron chi connectivity index (χ3n) is 4.52. The van der Waals surface area contributed by atoms with E-state index >= 15 is 0 Å². The van der Waals surface area contributed by atoms with Crippen molar-refractivity contribution in [1.29, 1.82) is 0 Å². The minimum absolute atomic E-state index is 0.0571. The molecule has 1 saturated carbocycles. The Morgan fingerprint density at radius 1 is 1.04 bits per heavy atom. The second-order valence-electron chi connectivity index (χ2n) is 6.27. The number of amides is 2. The summed E-state index contributed by atoms with van der Waals surface area (Å²) >= 11 is 0. The lowest BCUT2D eigenvalue weighted by molar-refractivity contribution is -0.125. The van der Waals surface area contributed by atoms with E-state index in [0.717, 1.165) is 44.2 Å². The molecule has 1 aliphatic heterocycles. The van der Waals surface area contributed by atoms with Gasteiger partial charge in [0.1, 0.15) is 0 Å². The van der Waals surface area contributed by atoms with Crippen molar-refractivity contribution in [2.45, 2.75) is 25.3 Å². The fourth-order valence-corrected chi connectivity index (χ4v) is 2.99. The van der Waals surface area contributed by atoms with Crippen LogP contribution < -0.4 is 5.73 Å². The third kappa shape index (κ3) is 4.20. The maximum Gasteiger partial charge on any atom is 0.248 e. The van der Waals surface area contributed by atoms with Gasteiger partial charge in [0.05, 0.1) is 0 Å². The fraction of sp³-hybridized carbons (Fsp3) is 0.444. The lowest BCUT2D eigenvalue weighted by Crippen LogP contribution is -2.34. The highest BCUT2D eigenvalue weighted by Gasteiger charge is 2.30. The van der Waals surface area contributed by atoms with Crippen LogP contribution in [0.25, 0.3) is 6.08 Å². The first-order valence-corrected chi connectivity index (χ1v) is 8.24. The Kier molecular flexibility index (Phi) is 4.76. The van der Waals surface area contributed by atoms with Gasteiger partial charge in [0.25, 0.3) is 0 Å². The average Bonchev–Trinajstić information content (AvgIpc) is 3.38. The van der Waals surface area contributed by atoms with Crippen LogP contribution in [0, 0.1) is 0 Å². The molecule has 23 heavy (non-hydrogen) atoms. The Hall–Kier alpha value is -2.14. The number of nitrogens with zero attached hydrogens (tertiary/aromatic N) is 2. The molecule has 2 fully saturated rings. The first-order valence-electron chi connectivity index (χ1n) is 8.24. The van der Waals surface area contributed by atoms with Gasteiger partial charge in [-0.2, -0.15) is 0 Å². The van der Waals surface area contributed by atoms with Gasteiger partial charge >= 0.3 is 0 Å². The minimum Gasteiger partial charge on any atom is -0.366 e. The molecule has 2 N–H and O–H groups in total. The maximum absolute atomic E-state index is 12.3. The number of hydrogen-bond donors (Lipinski definition) is 1. The fourth-order valence-electron chi connectivity index (χ4n) is 2.99. The second kappa shape index (κ2) is 6.96. The van der Waals surface area contributed by atoms with E-state index in [9.17, 15) is 9.59 Å². The van der Waals surface area contributed by atoms with Crippen LogP contribution >= 0.6 is 0 Å². The van der Waals surface area contributed by atoms with Gasteiger partial charge in [-0.3, -0.25) is 14.5 Å². The molecular weight excluding hydrogens is 290 g/mol. The van der Waals surface area contributed by atoms with Crippen molar-refractivity contribution < 1.29 is 9.59 Å². The summed E-state index contributed by atoms with van der Waals surface area (Å²) in [6.07, 6.45) is 7.08. The quantitative estimate of drug-likeness (QED) is 0.857. The second-order valence-corrected chi connectivity index (χ2v) is 6.27. The van der Waals surface area contributed by atoms with Crippen molar-refractivity contribution in [1.82, 2.24) is 9.80 Å². The van der Waals surface area contributed by atoms with Gasteiger partial charge in [0, 0.05) is 43.9 Å². The van der Waals surface area contributed by atoms with Crippen LogP contribution in [0.5, 0.6) is 0 Å². The van der Waals surface area contributed by atoms with E-state index in [2.05, 4.69) is 4.90 Å². The predicted octanol–water partition coefficient (Wildman–Crippen LogP) is 1.50. The van der Waals surface area contributed by atoms with E-state index < -0.39 is 5.91 Å². The van der Waals surface area contributed by atoms with Crippen molar-refractivity contribution in [2.75, 3.05) is 26.2 Å². The normalized spacial score (nSPS) is 19.7. The van der Waals surface area contributed by atoms with Crippen molar-refractivity contribution >= 4 is 17.9 Å². The molecule has 122 valence electrons. The van der Waals surface area contributed by atoms with Crippen molar-refractivity contribution in [2.24, 2.45) is 5.73 Å². The van der Waals surface area contributed by atoms with Crippen molar-refractivity contribution in [3.05, 3.63) is 41.5 Å². The van der Waals surface area contributed by atoms with Crippen LogP contribution in [0.2, 0.25) is 0 Å². The summed E-state index contributed by atoms with van der Waals surface area (Å²) in [6.45, 7) is 3.72. The molecule has 1 aromatic rings. The monoisotopic (exact) mass is 313 g/mol. The summed E-state index contributed by atoms with van der Waals surface area (Å²) in [4.78, 5) is 27.8. The first kappa shape index (κ1) is 15.7. The van der Waals surface area contributed by atoms with E-state index in [1.54, 1.807) is 36.4 Å². The van der Waals surface area contributed by atoms with E-state index in [-0.39, 0.29) is 5.91 Å². The molecule has 0 aromatic heterocycles. The number of rotatable bonds is 4. The molecule has 2 amide bonds. The summed E-state index contributed by atoms with van der Waals surface area (Å²) in [7, 11) is 0. The zero-order valence-electron chi connectivity index (χ0n) is 13.3. The SMILES string of the molecule is NC(=O)c1ccc(/C=C/C(=O)N2CCCN(C3CC3)CC2)cc1. The van der Waals surface area contributed by atoms with Crippen LogP contribution in [0.3, 0.4) is 0 Å². The van der Waals surface area contributed by atoms with E-state index in [1.807, 2.05) is 4.90 Å². The third-order valence-corrected chi connectivity index (χ3v) is 4.52. The van der Waals surface area contributed by atoms with Gasteiger partial charge in [0.15, 0.2) is 0 Å². The van der Waals surface area contributed by atoms with Crippen molar-refractivity contribution in [3.8, 4) is 0 Å². The molecule has 1 aliphatic carbocycles. The molecule has 1 aromatic carbocycles. The standard InChI is InChI=1S/C18H23N3O2/c19-18(23)15-5-2-14(3-6-15)4-9-17(22)21-11-1-10-20(12-13-21)16-7-8-16/h2-6,9,16H,1,7-8,10-13H2,(H2,19,23)/b9-4+. The molecule has 5 nitrogen and oxygen atoms in total. The molecule has 2 aliphatic rings. The number of carbonyl (C=O) groups excluding carboxylic acids is 2. The Bertz CT molecular complexity index is 605. The maximum atomic E-state index is 12.3. The van der Waals surface area contributed by atoms with Crippen LogP contribution in [-0.2, 0) is 4.79 Å². The molecule has 0 spiro atoms. The van der Waals surface area contributed by atoms with Crippen LogP contribution in [-0.4, -0.2) is 53.8 Å². The van der Waals surface area contributed by atoms with E-state index in [4.69, 9.17) is 5.73 Å². The highest BCUT2D eigenvalue weighted by Crippen LogP contribution is 2.27. The summed E-state index contributed by atoms with van der Waals surface area (Å²) in [5.74, 6) is -0.386. The average molecular weight is 313 g/mol. The van der Waals surface area contributed by atoms with E-state index in [1.165, 1.54) is 12.8 Å². The number of benzene rings is 1. The zero-order valence-corrected chi connectivity index (χ0v) is 13.3. The van der Waals surface area contributed by atoms with Gasteiger partial charge < -0.3 is 10.6 Å². The summed E-state index contributed by atoms with van der Waals surface area (Å²) < 4.78 is 0. The zero-order chi connectivity index (χ0) is 16.2. The lowest BCUT2D eigenvalue weighted by Gasteiger charge is -2.20. The summed E-state index contributed by atoms with van der Waals surface area (Å²) in [5, 5.41) is 0. The lowest BCUT2D eigenvalue weighted by atomic mass is 10.1. The minimum atomic E-state index is -0.443. The molecule has 1 saturated heterocycles. The molecule has 5 heteroatoms. The van der Waals surface area contributed by atoms with Gasteiger partial charge in [-0.15, -0.1) is 0 Å². The summed E-state index contributed by atoms with van der Waals surface area (Å²) in [6, 6.07) is 7.70. The van der Waals surface area contributed by atoms with Crippen LogP contribution in [0.15, 0.2) is 30.3 Å². The molecule has 0 radical (unpaired) electrons. The number of primary amides is 1. The van der Waals surface area contributed by atoms with Crippen LogP contribution in [0.4, 0.5) is 0 Å². The number of nitrogens with two attached hydrogens (primary N) is 1. The number of carbonyl (C=O) groups is 2. The van der Waals surface area contributed by atoms with Gasteiger partial charge in [0.2, 0.25) is 11.8 Å². The number of hydrogen-bond acceptors (Lipinski definition) is 3. The first-order chi connectivity index (χ1) is 11.1. The van der Waals surface area contributed by atoms with Gasteiger partial charge in [-0.25, -0.2) is 0 Å². The Labute approximate surface area is 136 Å². The molecule has 1 heterocycles. The van der Waals surface area contributed by atoms with Crippen LogP contribution in [0.1, 0.15) is 35.2 Å². The highest BCUT2D eigenvalue weighted by atomic mass is 16.2. The molecule has 0 unspecified atom stereocenters. The highest BCUT2D eigenvalue weighted by molar-refractivity contribution is 5.94. The van der Waals surface area contributed by atoms with Gasteiger partial charge in [-0.05, 0) is 43.0 Å².